The Bertz CT molecular complexity index is 337. The summed E-state index contributed by atoms with van der Waals surface area (Å²) < 4.78 is 1.20. The van der Waals surface area contributed by atoms with Crippen LogP contribution in [0.25, 0.3) is 0 Å². The van der Waals surface area contributed by atoms with E-state index in [1.807, 2.05) is 29.2 Å². The molecule has 0 bridgehead atoms. The molecular weight excluding hydrogens is 317 g/mol. The van der Waals surface area contributed by atoms with E-state index in [0.29, 0.717) is 6.54 Å². The number of halogens is 1. The average Bonchev–Trinajstić information content (AvgIpc) is 2.21. The van der Waals surface area contributed by atoms with Crippen LogP contribution < -0.4 is 0 Å². The molecular formula is C12H16INO2. The van der Waals surface area contributed by atoms with Gasteiger partial charge in [-0.15, -0.1) is 0 Å². The molecule has 0 radical (unpaired) electrons. The minimum atomic E-state index is -0.765. The van der Waals surface area contributed by atoms with Crippen molar-refractivity contribution in [1.29, 1.82) is 0 Å². The SMILES string of the molecule is CCCN(CC(=O)O)Cc1ccc(I)cc1. The normalized spacial score (nSPS) is 10.7. The smallest absolute Gasteiger partial charge is 0.317 e. The Morgan fingerprint density at radius 3 is 2.50 bits per heavy atom. The van der Waals surface area contributed by atoms with E-state index in [1.54, 1.807) is 0 Å². The molecule has 0 heterocycles. The number of benzene rings is 1. The Kier molecular flexibility index (Phi) is 5.76. The van der Waals surface area contributed by atoms with E-state index < -0.39 is 5.97 Å². The van der Waals surface area contributed by atoms with Gasteiger partial charge >= 0.3 is 5.97 Å². The number of carboxylic acid groups (broad SMARTS) is 1. The predicted molar refractivity (Wildman–Crippen MR) is 72.4 cm³/mol. The molecule has 1 N–H and O–H groups in total. The van der Waals surface area contributed by atoms with Crippen molar-refractivity contribution in [2.75, 3.05) is 13.1 Å². The summed E-state index contributed by atoms with van der Waals surface area (Å²) >= 11 is 2.26. The topological polar surface area (TPSA) is 40.5 Å². The van der Waals surface area contributed by atoms with Crippen LogP contribution in [0.4, 0.5) is 0 Å². The maximum absolute atomic E-state index is 10.7. The number of nitrogens with zero attached hydrogens (tertiary/aromatic N) is 1. The number of aliphatic carboxylic acids is 1. The Morgan fingerprint density at radius 2 is 2.00 bits per heavy atom. The highest BCUT2D eigenvalue weighted by Crippen LogP contribution is 2.09. The maximum atomic E-state index is 10.7. The van der Waals surface area contributed by atoms with Crippen molar-refractivity contribution >= 4 is 28.6 Å². The van der Waals surface area contributed by atoms with Crippen molar-refractivity contribution < 1.29 is 9.90 Å². The van der Waals surface area contributed by atoms with Gasteiger partial charge in [0.1, 0.15) is 0 Å². The third-order valence-corrected chi connectivity index (χ3v) is 2.94. The molecule has 0 spiro atoms. The monoisotopic (exact) mass is 333 g/mol. The van der Waals surface area contributed by atoms with Crippen molar-refractivity contribution in [3.05, 3.63) is 33.4 Å². The molecule has 0 saturated carbocycles. The Hall–Kier alpha value is -0.620. The minimum absolute atomic E-state index is 0.111. The lowest BCUT2D eigenvalue weighted by atomic mass is 10.2. The van der Waals surface area contributed by atoms with Crippen LogP contribution in [0.15, 0.2) is 24.3 Å². The number of carbonyl (C=O) groups is 1. The quantitative estimate of drug-likeness (QED) is 0.814. The predicted octanol–water partition coefficient (Wildman–Crippen LogP) is 2.59. The van der Waals surface area contributed by atoms with Gasteiger partial charge in [-0.25, -0.2) is 0 Å². The lowest BCUT2D eigenvalue weighted by Gasteiger charge is -2.19. The van der Waals surface area contributed by atoms with Crippen LogP contribution in [-0.2, 0) is 11.3 Å². The summed E-state index contributed by atoms with van der Waals surface area (Å²) in [7, 11) is 0. The molecule has 1 aromatic rings. The molecule has 88 valence electrons. The van der Waals surface area contributed by atoms with Crippen LogP contribution in [0, 0.1) is 3.57 Å². The van der Waals surface area contributed by atoms with Gasteiger partial charge in [0.25, 0.3) is 0 Å². The van der Waals surface area contributed by atoms with E-state index >= 15 is 0 Å². The molecule has 0 atom stereocenters. The molecule has 0 unspecified atom stereocenters. The van der Waals surface area contributed by atoms with E-state index in [4.69, 9.17) is 5.11 Å². The second kappa shape index (κ2) is 6.85. The van der Waals surface area contributed by atoms with Crippen molar-refractivity contribution in [3.63, 3.8) is 0 Å². The standard InChI is InChI=1S/C12H16INO2/c1-2-7-14(9-12(15)16)8-10-3-5-11(13)6-4-10/h3-6H,2,7-9H2,1H3,(H,15,16). The fourth-order valence-corrected chi connectivity index (χ4v) is 1.93. The summed E-state index contributed by atoms with van der Waals surface area (Å²) in [6, 6.07) is 8.18. The molecule has 0 fully saturated rings. The van der Waals surface area contributed by atoms with E-state index in [2.05, 4.69) is 29.5 Å². The Morgan fingerprint density at radius 1 is 1.38 bits per heavy atom. The average molecular weight is 333 g/mol. The highest BCUT2D eigenvalue weighted by atomic mass is 127. The van der Waals surface area contributed by atoms with Crippen molar-refractivity contribution in [1.82, 2.24) is 4.90 Å². The third-order valence-electron chi connectivity index (χ3n) is 2.22. The van der Waals surface area contributed by atoms with Gasteiger partial charge in [-0.1, -0.05) is 19.1 Å². The zero-order valence-electron chi connectivity index (χ0n) is 9.32. The number of rotatable bonds is 6. The fourth-order valence-electron chi connectivity index (χ4n) is 1.57. The van der Waals surface area contributed by atoms with E-state index in [9.17, 15) is 4.79 Å². The summed E-state index contributed by atoms with van der Waals surface area (Å²) in [6.45, 7) is 3.69. The summed E-state index contributed by atoms with van der Waals surface area (Å²) in [5.41, 5.74) is 1.16. The van der Waals surface area contributed by atoms with Gasteiger partial charge in [0.05, 0.1) is 6.54 Å². The molecule has 0 aliphatic rings. The second-order valence-corrected chi connectivity index (χ2v) is 4.98. The van der Waals surface area contributed by atoms with Gasteiger partial charge in [0.15, 0.2) is 0 Å². The van der Waals surface area contributed by atoms with Gasteiger partial charge in [0, 0.05) is 10.1 Å². The first kappa shape index (κ1) is 13.4. The van der Waals surface area contributed by atoms with Crippen LogP contribution >= 0.6 is 22.6 Å². The largest absolute Gasteiger partial charge is 0.480 e. The van der Waals surface area contributed by atoms with Gasteiger partial charge in [0.2, 0.25) is 0 Å². The first-order valence-electron chi connectivity index (χ1n) is 5.30. The first-order valence-corrected chi connectivity index (χ1v) is 6.38. The molecule has 4 heteroatoms. The third kappa shape index (κ3) is 4.94. The number of carboxylic acids is 1. The molecule has 0 amide bonds. The number of hydrogen-bond donors (Lipinski definition) is 1. The molecule has 0 aromatic heterocycles. The molecule has 0 saturated heterocycles. The number of hydrogen-bond acceptors (Lipinski definition) is 2. The van der Waals surface area contributed by atoms with Gasteiger partial charge < -0.3 is 5.11 Å². The lowest BCUT2D eigenvalue weighted by Crippen LogP contribution is -2.30. The highest BCUT2D eigenvalue weighted by Gasteiger charge is 2.08. The van der Waals surface area contributed by atoms with Crippen LogP contribution in [0.2, 0.25) is 0 Å². The van der Waals surface area contributed by atoms with Crippen LogP contribution in [0.3, 0.4) is 0 Å². The molecule has 16 heavy (non-hydrogen) atoms. The van der Waals surface area contributed by atoms with Gasteiger partial charge in [-0.05, 0) is 53.3 Å². The molecule has 1 aromatic carbocycles. The molecule has 0 aliphatic carbocycles. The summed E-state index contributed by atoms with van der Waals surface area (Å²) in [6.07, 6.45) is 0.970. The molecule has 3 nitrogen and oxygen atoms in total. The fraction of sp³-hybridized carbons (Fsp3) is 0.417. The Balaban J connectivity index is 2.59. The Labute approximate surface area is 110 Å². The van der Waals surface area contributed by atoms with Crippen molar-refractivity contribution in [3.8, 4) is 0 Å². The first-order chi connectivity index (χ1) is 7.61. The van der Waals surface area contributed by atoms with E-state index in [0.717, 1.165) is 18.5 Å². The highest BCUT2D eigenvalue weighted by molar-refractivity contribution is 14.1. The summed E-state index contributed by atoms with van der Waals surface area (Å²) in [4.78, 5) is 12.6. The van der Waals surface area contributed by atoms with Crippen LogP contribution in [-0.4, -0.2) is 29.1 Å². The van der Waals surface area contributed by atoms with E-state index in [-0.39, 0.29) is 6.54 Å². The molecule has 0 aliphatic heterocycles. The zero-order chi connectivity index (χ0) is 12.0. The van der Waals surface area contributed by atoms with Gasteiger partial charge in [-0.2, -0.15) is 0 Å². The van der Waals surface area contributed by atoms with E-state index in [1.165, 1.54) is 3.57 Å². The van der Waals surface area contributed by atoms with Gasteiger partial charge in [-0.3, -0.25) is 9.69 Å². The van der Waals surface area contributed by atoms with Crippen molar-refractivity contribution in [2.24, 2.45) is 0 Å². The maximum Gasteiger partial charge on any atom is 0.317 e. The molecule has 1 rings (SSSR count). The second-order valence-electron chi connectivity index (χ2n) is 3.73. The zero-order valence-corrected chi connectivity index (χ0v) is 11.5. The van der Waals surface area contributed by atoms with Crippen molar-refractivity contribution in [2.45, 2.75) is 19.9 Å². The van der Waals surface area contributed by atoms with Crippen LogP contribution in [0.5, 0.6) is 0 Å². The summed E-state index contributed by atoms with van der Waals surface area (Å²) in [5, 5.41) is 8.79. The minimum Gasteiger partial charge on any atom is -0.480 e. The van der Waals surface area contributed by atoms with Crippen LogP contribution in [0.1, 0.15) is 18.9 Å². The lowest BCUT2D eigenvalue weighted by molar-refractivity contribution is -0.138. The summed E-state index contributed by atoms with van der Waals surface area (Å²) in [5.74, 6) is -0.765.